The molecule has 0 saturated carbocycles. The number of anilines is 1. The molecular weight excluding hydrogens is 338 g/mol. The van der Waals surface area contributed by atoms with Crippen LogP contribution in [0.3, 0.4) is 0 Å². The molecule has 2 atom stereocenters. The summed E-state index contributed by atoms with van der Waals surface area (Å²) < 4.78 is 26.5. The number of rotatable bonds is 4. The Hall–Kier alpha value is -1.15. The van der Waals surface area contributed by atoms with Gasteiger partial charge in [-0.25, -0.2) is 8.42 Å². The third-order valence-corrected chi connectivity index (χ3v) is 6.21. The lowest BCUT2D eigenvalue weighted by molar-refractivity contribution is -0.116. The molecule has 0 bridgehead atoms. The second kappa shape index (κ2) is 7.17. The monoisotopic (exact) mass is 361 g/mol. The first-order valence-corrected chi connectivity index (χ1v) is 8.75. The fourth-order valence-electron chi connectivity index (χ4n) is 2.80. The zero-order chi connectivity index (χ0) is 16.7. The van der Waals surface area contributed by atoms with Crippen molar-refractivity contribution in [3.8, 4) is 0 Å². The van der Waals surface area contributed by atoms with Gasteiger partial charge < -0.3 is 10.6 Å². The highest BCUT2D eigenvalue weighted by Crippen LogP contribution is 2.34. The molecular formula is C15H24ClN3O3S. The first-order chi connectivity index (χ1) is 10.2. The number of hydrogen-bond acceptors (Lipinski definition) is 4. The van der Waals surface area contributed by atoms with Crippen molar-refractivity contribution < 1.29 is 13.2 Å². The second-order valence-electron chi connectivity index (χ2n) is 5.84. The number of nitrogens with zero attached hydrogens (tertiary/aromatic N) is 2. The van der Waals surface area contributed by atoms with Crippen molar-refractivity contribution in [3.63, 3.8) is 0 Å². The Balaban J connectivity index is 0.00000264. The summed E-state index contributed by atoms with van der Waals surface area (Å²) in [6.45, 7) is 5.51. The molecule has 0 spiro atoms. The maximum atomic E-state index is 12.6. The predicted octanol–water partition coefficient (Wildman–Crippen LogP) is 1.37. The van der Waals surface area contributed by atoms with Crippen LogP contribution in [-0.4, -0.2) is 44.3 Å². The fourth-order valence-corrected chi connectivity index (χ4v) is 4.22. The van der Waals surface area contributed by atoms with E-state index in [1.54, 1.807) is 30.0 Å². The molecule has 0 aromatic heterocycles. The fraction of sp³-hybridized carbons (Fsp3) is 0.533. The van der Waals surface area contributed by atoms with Gasteiger partial charge in [-0.15, -0.1) is 12.4 Å². The summed E-state index contributed by atoms with van der Waals surface area (Å²) in [7, 11) is -2.04. The van der Waals surface area contributed by atoms with Crippen molar-refractivity contribution in [3.05, 3.63) is 23.8 Å². The van der Waals surface area contributed by atoms with Crippen molar-refractivity contribution in [2.45, 2.75) is 44.2 Å². The Kier molecular flexibility index (Phi) is 6.20. The lowest BCUT2D eigenvalue weighted by atomic mass is 10.1. The number of likely N-dealkylation sites (N-methyl/N-ethyl adjacent to an activating group) is 1. The average Bonchev–Trinajstić information content (AvgIpc) is 2.80. The summed E-state index contributed by atoms with van der Waals surface area (Å²) >= 11 is 0. The van der Waals surface area contributed by atoms with Crippen LogP contribution in [0.5, 0.6) is 0 Å². The number of fused-ring (bicyclic) bond motifs is 1. The van der Waals surface area contributed by atoms with E-state index in [9.17, 15) is 13.2 Å². The lowest BCUT2D eigenvalue weighted by Crippen LogP contribution is -2.39. The summed E-state index contributed by atoms with van der Waals surface area (Å²) in [5.74, 6) is -0.0317. The van der Waals surface area contributed by atoms with E-state index >= 15 is 0 Å². The van der Waals surface area contributed by atoms with E-state index in [1.807, 2.05) is 6.92 Å². The number of carbonyl (C=O) groups is 1. The van der Waals surface area contributed by atoms with E-state index < -0.39 is 10.0 Å². The number of sulfonamides is 1. The van der Waals surface area contributed by atoms with Crippen molar-refractivity contribution in [1.29, 1.82) is 0 Å². The van der Waals surface area contributed by atoms with Crippen LogP contribution in [0, 0.1) is 0 Å². The van der Waals surface area contributed by atoms with Crippen LogP contribution in [0.25, 0.3) is 0 Å². The number of amides is 1. The molecule has 0 fully saturated rings. The summed E-state index contributed by atoms with van der Waals surface area (Å²) in [5, 5.41) is 0. The minimum absolute atomic E-state index is 0. The average molecular weight is 362 g/mol. The van der Waals surface area contributed by atoms with Crippen molar-refractivity contribution in [2.24, 2.45) is 5.73 Å². The van der Waals surface area contributed by atoms with E-state index in [2.05, 4.69) is 0 Å². The SMILES string of the molecule is CC(=O)N1c2ccc(S(=O)(=O)N(C)C(C)CN)cc2CC1C.Cl. The van der Waals surface area contributed by atoms with Crippen LogP contribution in [0.4, 0.5) is 5.69 Å². The maximum Gasteiger partial charge on any atom is 0.243 e. The number of benzene rings is 1. The van der Waals surface area contributed by atoms with E-state index in [4.69, 9.17) is 5.73 Å². The van der Waals surface area contributed by atoms with Gasteiger partial charge in [0.05, 0.1) is 4.90 Å². The third-order valence-electron chi connectivity index (χ3n) is 4.24. The zero-order valence-electron chi connectivity index (χ0n) is 13.8. The van der Waals surface area contributed by atoms with Crippen molar-refractivity contribution >= 4 is 34.0 Å². The summed E-state index contributed by atoms with van der Waals surface area (Å²) in [5.41, 5.74) is 7.24. The van der Waals surface area contributed by atoms with Gasteiger partial charge in [0.15, 0.2) is 0 Å². The number of hydrogen-bond donors (Lipinski definition) is 1. The van der Waals surface area contributed by atoms with Crippen LogP contribution < -0.4 is 10.6 Å². The molecule has 2 unspecified atom stereocenters. The molecule has 0 saturated heterocycles. The van der Waals surface area contributed by atoms with Crippen molar-refractivity contribution in [1.82, 2.24) is 4.31 Å². The normalized spacial score (nSPS) is 18.5. The Morgan fingerprint density at radius 3 is 2.61 bits per heavy atom. The molecule has 23 heavy (non-hydrogen) atoms. The van der Waals surface area contributed by atoms with Gasteiger partial charge in [0.25, 0.3) is 0 Å². The maximum absolute atomic E-state index is 12.6. The summed E-state index contributed by atoms with van der Waals surface area (Å²) in [6, 6.07) is 4.72. The number of halogens is 1. The molecule has 8 heteroatoms. The Morgan fingerprint density at radius 1 is 1.48 bits per heavy atom. The quantitative estimate of drug-likeness (QED) is 0.877. The Morgan fingerprint density at radius 2 is 2.09 bits per heavy atom. The van der Waals surface area contributed by atoms with Gasteiger partial charge in [-0.1, -0.05) is 0 Å². The molecule has 2 N–H and O–H groups in total. The molecule has 1 aliphatic heterocycles. The van der Waals surface area contributed by atoms with Crippen LogP contribution in [0.15, 0.2) is 23.1 Å². The summed E-state index contributed by atoms with van der Waals surface area (Å²) in [6.07, 6.45) is 0.661. The third kappa shape index (κ3) is 3.52. The minimum atomic E-state index is -3.58. The van der Waals surface area contributed by atoms with Crippen LogP contribution in [-0.2, 0) is 21.2 Å². The molecule has 130 valence electrons. The first kappa shape index (κ1) is 19.9. The van der Waals surface area contributed by atoms with Gasteiger partial charge in [0, 0.05) is 38.3 Å². The highest BCUT2D eigenvalue weighted by Gasteiger charge is 2.31. The lowest BCUT2D eigenvalue weighted by Gasteiger charge is -2.23. The van der Waals surface area contributed by atoms with Gasteiger partial charge in [-0.3, -0.25) is 4.79 Å². The van der Waals surface area contributed by atoms with Gasteiger partial charge in [-0.2, -0.15) is 4.31 Å². The molecule has 0 radical (unpaired) electrons. The molecule has 1 aromatic carbocycles. The molecule has 1 aromatic rings. The highest BCUT2D eigenvalue weighted by atomic mass is 35.5. The highest BCUT2D eigenvalue weighted by molar-refractivity contribution is 7.89. The zero-order valence-corrected chi connectivity index (χ0v) is 15.4. The van der Waals surface area contributed by atoms with Gasteiger partial charge >= 0.3 is 0 Å². The van der Waals surface area contributed by atoms with E-state index in [0.717, 1.165) is 11.3 Å². The Labute approximate surface area is 144 Å². The van der Waals surface area contributed by atoms with Crippen molar-refractivity contribution in [2.75, 3.05) is 18.5 Å². The van der Waals surface area contributed by atoms with Gasteiger partial charge in [0.1, 0.15) is 0 Å². The van der Waals surface area contributed by atoms with E-state index in [0.29, 0.717) is 6.42 Å². The van der Waals surface area contributed by atoms with Crippen LogP contribution >= 0.6 is 12.4 Å². The summed E-state index contributed by atoms with van der Waals surface area (Å²) in [4.78, 5) is 13.7. The standard InChI is InChI=1S/C15H23N3O3S.ClH/c1-10-7-13-8-14(5-6-15(13)18(10)12(3)19)22(20,21)17(4)11(2)9-16;/h5-6,8,10-11H,7,9,16H2,1-4H3;1H. The van der Waals surface area contributed by atoms with Gasteiger partial charge in [0.2, 0.25) is 15.9 Å². The van der Waals surface area contributed by atoms with E-state index in [-0.39, 0.29) is 41.8 Å². The molecule has 1 aliphatic rings. The molecule has 0 aliphatic carbocycles. The number of nitrogens with two attached hydrogens (primary N) is 1. The van der Waals surface area contributed by atoms with Crippen LogP contribution in [0.2, 0.25) is 0 Å². The molecule has 1 heterocycles. The van der Waals surface area contributed by atoms with Crippen LogP contribution in [0.1, 0.15) is 26.3 Å². The van der Waals surface area contributed by atoms with E-state index in [1.165, 1.54) is 18.3 Å². The van der Waals surface area contributed by atoms with Gasteiger partial charge in [-0.05, 0) is 44.0 Å². The molecule has 6 nitrogen and oxygen atoms in total. The largest absolute Gasteiger partial charge is 0.329 e. The Bertz CT molecular complexity index is 693. The molecule has 1 amide bonds. The number of carbonyl (C=O) groups excluding carboxylic acids is 1. The topological polar surface area (TPSA) is 83.7 Å². The second-order valence-corrected chi connectivity index (χ2v) is 7.84. The minimum Gasteiger partial charge on any atom is -0.329 e. The first-order valence-electron chi connectivity index (χ1n) is 7.31. The molecule has 2 rings (SSSR count). The predicted molar refractivity (Wildman–Crippen MR) is 93.5 cm³/mol. The smallest absolute Gasteiger partial charge is 0.243 e.